The number of carbonyl (C=O) groups is 1. The van der Waals surface area contributed by atoms with Crippen LogP contribution < -0.4 is 0 Å². The molecule has 1 N–H and O–H groups in total. The first-order valence-corrected chi connectivity index (χ1v) is 10.0. The first-order valence-electron chi connectivity index (χ1n) is 10.0. The zero-order valence-electron chi connectivity index (χ0n) is 17.1. The summed E-state index contributed by atoms with van der Waals surface area (Å²) in [5.41, 5.74) is 7.06. The summed E-state index contributed by atoms with van der Waals surface area (Å²) in [6.45, 7) is 8.18. The van der Waals surface area contributed by atoms with E-state index < -0.39 is 6.09 Å². The van der Waals surface area contributed by atoms with Crippen molar-refractivity contribution in [1.29, 1.82) is 0 Å². The lowest BCUT2D eigenvalue weighted by molar-refractivity contribution is 0.145. The SMILES string of the molecule is Cc1ccc(-c2cnn(CCC(C)C)c2)c(-c2ccc3c(c2)CN(C(=O)O)C3)n1. The van der Waals surface area contributed by atoms with Crippen molar-refractivity contribution >= 4 is 6.09 Å². The zero-order valence-corrected chi connectivity index (χ0v) is 17.1. The van der Waals surface area contributed by atoms with Crippen LogP contribution in [0.4, 0.5) is 4.79 Å². The van der Waals surface area contributed by atoms with E-state index in [2.05, 4.69) is 37.3 Å². The van der Waals surface area contributed by atoms with Gasteiger partial charge in [-0.05, 0) is 42.5 Å². The van der Waals surface area contributed by atoms with Crippen LogP contribution in [0.2, 0.25) is 0 Å². The van der Waals surface area contributed by atoms with Crippen molar-refractivity contribution in [2.24, 2.45) is 5.92 Å². The largest absolute Gasteiger partial charge is 0.465 e. The van der Waals surface area contributed by atoms with Gasteiger partial charge < -0.3 is 5.11 Å². The number of benzene rings is 1. The van der Waals surface area contributed by atoms with Crippen LogP contribution in [0.15, 0.2) is 42.7 Å². The fraction of sp³-hybridized carbons (Fsp3) is 0.348. The summed E-state index contributed by atoms with van der Waals surface area (Å²) < 4.78 is 1.99. The van der Waals surface area contributed by atoms with Crippen molar-refractivity contribution in [3.63, 3.8) is 0 Å². The molecule has 6 nitrogen and oxygen atoms in total. The molecule has 3 aromatic rings. The Balaban J connectivity index is 1.69. The summed E-state index contributed by atoms with van der Waals surface area (Å²) in [4.78, 5) is 17.6. The van der Waals surface area contributed by atoms with Gasteiger partial charge >= 0.3 is 6.09 Å². The molecular weight excluding hydrogens is 364 g/mol. The number of carboxylic acid groups (broad SMARTS) is 1. The highest BCUT2D eigenvalue weighted by Crippen LogP contribution is 2.34. The lowest BCUT2D eigenvalue weighted by Crippen LogP contribution is -2.22. The number of aryl methyl sites for hydroxylation is 2. The van der Waals surface area contributed by atoms with Gasteiger partial charge in [0.25, 0.3) is 0 Å². The van der Waals surface area contributed by atoms with E-state index in [-0.39, 0.29) is 0 Å². The van der Waals surface area contributed by atoms with Gasteiger partial charge in [0.05, 0.1) is 11.9 Å². The molecule has 0 radical (unpaired) electrons. The minimum atomic E-state index is -0.883. The van der Waals surface area contributed by atoms with Crippen molar-refractivity contribution in [3.8, 4) is 22.4 Å². The van der Waals surface area contributed by atoms with Gasteiger partial charge in [-0.2, -0.15) is 5.10 Å². The maximum Gasteiger partial charge on any atom is 0.407 e. The molecule has 0 saturated heterocycles. The number of nitrogens with zero attached hydrogens (tertiary/aromatic N) is 4. The maximum absolute atomic E-state index is 11.3. The molecule has 0 unspecified atom stereocenters. The molecule has 0 atom stereocenters. The zero-order chi connectivity index (χ0) is 20.5. The fourth-order valence-corrected chi connectivity index (χ4v) is 3.70. The molecule has 4 rings (SSSR count). The Morgan fingerprint density at radius 2 is 1.93 bits per heavy atom. The van der Waals surface area contributed by atoms with Crippen molar-refractivity contribution in [2.45, 2.75) is 46.8 Å². The van der Waals surface area contributed by atoms with Gasteiger partial charge in [-0.3, -0.25) is 14.6 Å². The summed E-state index contributed by atoms with van der Waals surface area (Å²) in [7, 11) is 0. The number of rotatable bonds is 5. The van der Waals surface area contributed by atoms with Crippen LogP contribution in [0.1, 0.15) is 37.1 Å². The van der Waals surface area contributed by atoms with Crippen LogP contribution >= 0.6 is 0 Å². The number of hydrogen-bond acceptors (Lipinski definition) is 3. The highest BCUT2D eigenvalue weighted by atomic mass is 16.4. The molecule has 150 valence electrons. The Morgan fingerprint density at radius 3 is 2.69 bits per heavy atom. The molecule has 0 aliphatic carbocycles. The quantitative estimate of drug-likeness (QED) is 0.668. The average Bonchev–Trinajstić information content (AvgIpc) is 3.32. The summed E-state index contributed by atoms with van der Waals surface area (Å²) in [5.74, 6) is 0.635. The Labute approximate surface area is 170 Å². The third-order valence-corrected chi connectivity index (χ3v) is 5.39. The second-order valence-corrected chi connectivity index (χ2v) is 8.15. The average molecular weight is 390 g/mol. The van der Waals surface area contributed by atoms with Gasteiger partial charge in [0.1, 0.15) is 0 Å². The molecule has 3 heterocycles. The Morgan fingerprint density at radius 1 is 1.14 bits per heavy atom. The summed E-state index contributed by atoms with van der Waals surface area (Å²) in [6.07, 6.45) is 4.18. The first kappa shape index (κ1) is 19.2. The van der Waals surface area contributed by atoms with Crippen LogP contribution in [-0.2, 0) is 19.6 Å². The van der Waals surface area contributed by atoms with Crippen LogP contribution in [0.3, 0.4) is 0 Å². The van der Waals surface area contributed by atoms with Crippen molar-refractivity contribution in [2.75, 3.05) is 0 Å². The Bertz CT molecular complexity index is 1050. The highest BCUT2D eigenvalue weighted by Gasteiger charge is 2.23. The smallest absolute Gasteiger partial charge is 0.407 e. The molecule has 1 aliphatic rings. The Hall–Kier alpha value is -3.15. The molecule has 0 bridgehead atoms. The lowest BCUT2D eigenvalue weighted by atomic mass is 9.98. The predicted octanol–water partition coefficient (Wildman–Crippen LogP) is 4.96. The summed E-state index contributed by atoms with van der Waals surface area (Å²) in [5, 5.41) is 13.8. The number of fused-ring (bicyclic) bond motifs is 1. The summed E-state index contributed by atoms with van der Waals surface area (Å²) in [6, 6.07) is 10.3. The molecule has 1 aromatic carbocycles. The summed E-state index contributed by atoms with van der Waals surface area (Å²) >= 11 is 0. The van der Waals surface area contributed by atoms with Crippen molar-refractivity contribution < 1.29 is 9.90 Å². The standard InChI is InChI=1S/C23H26N4O2/c1-15(2)8-9-27-14-20(11-24-27)21-7-4-16(3)25-22(21)17-5-6-18-12-26(23(28)29)13-19(18)10-17/h4-7,10-11,14-15H,8-9,12-13H2,1-3H3,(H,28,29). The number of amides is 1. The van der Waals surface area contributed by atoms with E-state index in [4.69, 9.17) is 4.98 Å². The van der Waals surface area contributed by atoms with E-state index in [1.807, 2.05) is 36.0 Å². The van der Waals surface area contributed by atoms with Gasteiger partial charge in [-0.1, -0.05) is 32.0 Å². The minimum absolute atomic E-state index is 0.423. The van der Waals surface area contributed by atoms with Crippen molar-refractivity contribution in [1.82, 2.24) is 19.7 Å². The van der Waals surface area contributed by atoms with E-state index in [9.17, 15) is 9.90 Å². The van der Waals surface area contributed by atoms with Gasteiger partial charge in [0, 0.05) is 48.2 Å². The minimum Gasteiger partial charge on any atom is -0.465 e. The fourth-order valence-electron chi connectivity index (χ4n) is 3.70. The number of aromatic nitrogens is 3. The van der Waals surface area contributed by atoms with Crippen molar-refractivity contribution in [3.05, 3.63) is 59.5 Å². The first-order chi connectivity index (χ1) is 13.9. The molecule has 29 heavy (non-hydrogen) atoms. The lowest BCUT2D eigenvalue weighted by Gasteiger charge is -2.10. The van der Waals surface area contributed by atoms with Crippen LogP contribution in [0, 0.1) is 12.8 Å². The van der Waals surface area contributed by atoms with E-state index in [1.165, 1.54) is 4.90 Å². The topological polar surface area (TPSA) is 71.2 Å². The predicted molar refractivity (Wildman–Crippen MR) is 112 cm³/mol. The van der Waals surface area contributed by atoms with E-state index >= 15 is 0 Å². The molecule has 0 saturated carbocycles. The molecule has 1 aliphatic heterocycles. The van der Waals surface area contributed by atoms with Gasteiger partial charge in [-0.15, -0.1) is 0 Å². The monoisotopic (exact) mass is 390 g/mol. The number of pyridine rings is 1. The van der Waals surface area contributed by atoms with Gasteiger partial charge in [0.2, 0.25) is 0 Å². The normalized spacial score (nSPS) is 13.2. The Kier molecular flexibility index (Phi) is 5.09. The molecule has 0 fully saturated rings. The van der Waals surface area contributed by atoms with Crippen LogP contribution in [0.25, 0.3) is 22.4 Å². The molecule has 1 amide bonds. The number of hydrogen-bond donors (Lipinski definition) is 1. The molecular formula is C23H26N4O2. The van der Waals surface area contributed by atoms with Crippen LogP contribution in [-0.4, -0.2) is 30.9 Å². The highest BCUT2D eigenvalue weighted by molar-refractivity contribution is 5.81. The van der Waals surface area contributed by atoms with E-state index in [0.29, 0.717) is 19.0 Å². The molecule has 0 spiro atoms. The third kappa shape index (κ3) is 4.01. The van der Waals surface area contributed by atoms with Crippen LogP contribution in [0.5, 0.6) is 0 Å². The second kappa shape index (κ2) is 7.70. The third-order valence-electron chi connectivity index (χ3n) is 5.39. The van der Waals surface area contributed by atoms with Gasteiger partial charge in [-0.25, -0.2) is 4.79 Å². The van der Waals surface area contributed by atoms with Gasteiger partial charge in [0.15, 0.2) is 0 Å². The van der Waals surface area contributed by atoms with E-state index in [1.54, 1.807) is 0 Å². The van der Waals surface area contributed by atoms with E-state index in [0.717, 1.165) is 52.2 Å². The molecule has 6 heteroatoms. The second-order valence-electron chi connectivity index (χ2n) is 8.15. The molecule has 2 aromatic heterocycles. The maximum atomic E-state index is 11.3.